The summed E-state index contributed by atoms with van der Waals surface area (Å²) in [6.45, 7) is 7.26. The highest BCUT2D eigenvalue weighted by atomic mass is 31.2. The molecule has 0 spiro atoms. The van der Waals surface area contributed by atoms with Gasteiger partial charge in [0.05, 0.1) is 26.9 Å². The molecule has 0 radical (unpaired) electrons. The lowest BCUT2D eigenvalue weighted by Gasteiger charge is -2.43. The Morgan fingerprint density at radius 2 is 1.53 bits per heavy atom. The van der Waals surface area contributed by atoms with Crippen LogP contribution in [-0.2, 0) is 19.6 Å². The number of halogens is 1. The number of aromatic nitrogens is 2. The normalized spacial score (nSPS) is 19.6. The molecule has 53 heavy (non-hydrogen) atoms. The maximum atomic E-state index is 16.8. The van der Waals surface area contributed by atoms with Gasteiger partial charge in [0.25, 0.3) is 14.1 Å². The molecule has 5 rings (SSSR count). The molecule has 2 heterocycles. The third-order valence-electron chi connectivity index (χ3n) is 9.39. The lowest BCUT2D eigenvalue weighted by atomic mass is 9.80. The van der Waals surface area contributed by atoms with Crippen molar-refractivity contribution in [1.82, 2.24) is 14.2 Å². The average Bonchev–Trinajstić information content (AvgIpc) is 3.45. The lowest BCUT2D eigenvalue weighted by molar-refractivity contribution is -0.0934. The Morgan fingerprint density at radius 3 is 2.04 bits per heavy atom. The molecule has 1 aliphatic rings. The highest BCUT2D eigenvalue weighted by molar-refractivity contribution is 7.43. The Morgan fingerprint density at radius 1 is 0.962 bits per heavy atom. The number of nitrogens with one attached hydrogen (secondary N) is 1. The van der Waals surface area contributed by atoms with Gasteiger partial charge in [0.1, 0.15) is 29.3 Å². The van der Waals surface area contributed by atoms with Crippen LogP contribution < -0.4 is 20.7 Å². The van der Waals surface area contributed by atoms with E-state index < -0.39 is 55.5 Å². The zero-order valence-corrected chi connectivity index (χ0v) is 31.5. The molecule has 3 aromatic carbocycles. The van der Waals surface area contributed by atoms with Gasteiger partial charge in [-0.3, -0.25) is 14.3 Å². The number of hydrogen-bond donors (Lipinski definition) is 2. The van der Waals surface area contributed by atoms with Crippen LogP contribution in [0.4, 0.5) is 4.39 Å². The maximum Gasteiger partial charge on any atom is 0.330 e. The summed E-state index contributed by atoms with van der Waals surface area (Å²) in [5.74, 6) is 1.27. The molecule has 0 bridgehead atoms. The van der Waals surface area contributed by atoms with E-state index in [0.717, 1.165) is 33.5 Å². The second-order valence-electron chi connectivity index (χ2n) is 13.6. The highest BCUT2D eigenvalue weighted by Gasteiger charge is 2.51. The molecule has 2 N–H and O–H groups in total. The summed E-state index contributed by atoms with van der Waals surface area (Å²) in [5, 5.41) is 9.29. The molecule has 4 aromatic rings. The molecule has 1 unspecified atom stereocenters. The maximum absolute atomic E-state index is 16.8. The summed E-state index contributed by atoms with van der Waals surface area (Å²) in [6.07, 6.45) is -4.26. The van der Waals surface area contributed by atoms with Crippen molar-refractivity contribution in [3.63, 3.8) is 0 Å². The first-order chi connectivity index (χ1) is 25.4. The van der Waals surface area contributed by atoms with Crippen molar-refractivity contribution < 1.29 is 32.8 Å². The third-order valence-corrected chi connectivity index (χ3v) is 11.2. The molecule has 282 valence electrons. The minimum atomic E-state index is -2.46. The number of ether oxygens (including phenoxy) is 4. The Bertz CT molecular complexity index is 1900. The standard InChI is InChI=1S/C39H46FN4O8P/c1-26(2)44(38(3,4)22-10-23-41)53(47)52-35-32(51-36(34(35)40)43-24-21-33(45)42-37(43)46)25-50-39(27-11-8-7-9-12-27,28-13-17-30(48-5)18-14-28)29-15-19-31(49-6)20-16-29/h7-9,11-21,24,26,32,34-36,47H,10,22,25H2,1-6H3,(H,42,45,46)/t32-,34-,35-,36-,53?/m1/s1. The first-order valence-electron chi connectivity index (χ1n) is 17.3. The number of rotatable bonds is 16. The Kier molecular flexibility index (Phi) is 12.9. The van der Waals surface area contributed by atoms with E-state index in [1.54, 1.807) is 18.9 Å². The molecule has 14 heteroatoms. The SMILES string of the molecule is COc1ccc(C(OC[C@H]2O[C@@H](n3ccc(=O)[nH]c3=O)[C@H](F)[C@@H]2OP(O)N(C(C)C)C(C)(C)CCC#N)(c2ccccc2)c2ccc(OC)cc2)cc1. The minimum Gasteiger partial charge on any atom is -0.497 e. The van der Waals surface area contributed by atoms with Crippen LogP contribution in [0, 0.1) is 11.3 Å². The van der Waals surface area contributed by atoms with Gasteiger partial charge in [0.15, 0.2) is 12.4 Å². The Labute approximate surface area is 309 Å². The number of alkyl halides is 1. The zero-order chi connectivity index (χ0) is 38.3. The van der Waals surface area contributed by atoms with Crippen LogP contribution in [0.5, 0.6) is 11.5 Å². The van der Waals surface area contributed by atoms with E-state index in [4.69, 9.17) is 23.5 Å². The van der Waals surface area contributed by atoms with Gasteiger partial charge in [-0.1, -0.05) is 54.6 Å². The highest BCUT2D eigenvalue weighted by Crippen LogP contribution is 2.50. The quantitative estimate of drug-likeness (QED) is 0.100. The molecule has 1 aromatic heterocycles. The Balaban J connectivity index is 1.60. The van der Waals surface area contributed by atoms with E-state index >= 15 is 4.39 Å². The van der Waals surface area contributed by atoms with Crippen LogP contribution in [0.15, 0.2) is 101 Å². The molecular weight excluding hydrogens is 702 g/mol. The second-order valence-corrected chi connectivity index (χ2v) is 14.7. The number of hydrogen-bond acceptors (Lipinski definition) is 10. The van der Waals surface area contributed by atoms with E-state index in [0.29, 0.717) is 17.9 Å². The first kappa shape index (κ1) is 39.8. The fourth-order valence-electron chi connectivity index (χ4n) is 6.85. The average molecular weight is 749 g/mol. The van der Waals surface area contributed by atoms with Crippen molar-refractivity contribution in [2.45, 2.75) is 82.3 Å². The summed E-state index contributed by atoms with van der Waals surface area (Å²) in [7, 11) is 0.698. The first-order valence-corrected chi connectivity index (χ1v) is 18.4. The monoisotopic (exact) mass is 748 g/mol. The van der Waals surface area contributed by atoms with E-state index in [9.17, 15) is 19.7 Å². The van der Waals surface area contributed by atoms with Crippen molar-refractivity contribution >= 4 is 8.53 Å². The van der Waals surface area contributed by atoms with Crippen molar-refractivity contribution in [2.24, 2.45) is 0 Å². The van der Waals surface area contributed by atoms with E-state index in [2.05, 4.69) is 11.1 Å². The molecular formula is C39H46FN4O8P. The molecule has 12 nitrogen and oxygen atoms in total. The van der Waals surface area contributed by atoms with Gasteiger partial charge in [0.2, 0.25) is 0 Å². The predicted octanol–water partition coefficient (Wildman–Crippen LogP) is 6.20. The fourth-order valence-corrected chi connectivity index (χ4v) is 8.38. The number of methoxy groups -OCH3 is 2. The number of H-pyrrole nitrogens is 1. The Hall–Kier alpha value is -4.41. The van der Waals surface area contributed by atoms with Gasteiger partial charge in [-0.25, -0.2) is 13.9 Å². The summed E-state index contributed by atoms with van der Waals surface area (Å²) < 4.78 is 49.9. The molecule has 5 atom stereocenters. The van der Waals surface area contributed by atoms with Crippen molar-refractivity contribution in [2.75, 3.05) is 20.8 Å². The number of nitriles is 1. The summed E-state index contributed by atoms with van der Waals surface area (Å²) >= 11 is 0. The zero-order valence-electron chi connectivity index (χ0n) is 30.6. The van der Waals surface area contributed by atoms with Gasteiger partial charge in [-0.15, -0.1) is 0 Å². The molecule has 0 amide bonds. The van der Waals surface area contributed by atoms with Gasteiger partial charge >= 0.3 is 5.69 Å². The van der Waals surface area contributed by atoms with Crippen molar-refractivity contribution in [1.29, 1.82) is 5.26 Å². The van der Waals surface area contributed by atoms with Gasteiger partial charge < -0.3 is 28.4 Å². The van der Waals surface area contributed by atoms with E-state index in [-0.39, 0.29) is 19.1 Å². The number of benzene rings is 3. The lowest BCUT2D eigenvalue weighted by Crippen LogP contribution is -2.46. The molecule has 0 aliphatic carbocycles. The largest absolute Gasteiger partial charge is 0.497 e. The van der Waals surface area contributed by atoms with Gasteiger partial charge in [0, 0.05) is 30.3 Å². The van der Waals surface area contributed by atoms with E-state index in [1.807, 2.05) is 107 Å². The minimum absolute atomic E-state index is 0.240. The van der Waals surface area contributed by atoms with Crippen LogP contribution in [-0.4, -0.2) is 69.9 Å². The van der Waals surface area contributed by atoms with Crippen LogP contribution in [0.1, 0.15) is 63.5 Å². The molecule has 1 fully saturated rings. The topological polar surface area (TPSA) is 148 Å². The summed E-state index contributed by atoms with van der Waals surface area (Å²) in [6, 6.07) is 27.4. The summed E-state index contributed by atoms with van der Waals surface area (Å²) in [5.41, 5.74) is -1.29. The van der Waals surface area contributed by atoms with Crippen LogP contribution in [0.25, 0.3) is 0 Å². The molecule has 0 saturated carbocycles. The van der Waals surface area contributed by atoms with Crippen molar-refractivity contribution in [3.05, 3.63) is 129 Å². The van der Waals surface area contributed by atoms with Gasteiger partial charge in [-0.05, 0) is 75.1 Å². The van der Waals surface area contributed by atoms with Crippen LogP contribution >= 0.6 is 8.53 Å². The van der Waals surface area contributed by atoms with Crippen LogP contribution in [0.3, 0.4) is 0 Å². The summed E-state index contributed by atoms with van der Waals surface area (Å²) in [4.78, 5) is 38.7. The van der Waals surface area contributed by atoms with E-state index in [1.165, 1.54) is 0 Å². The second kappa shape index (κ2) is 17.2. The number of aromatic amines is 1. The smallest absolute Gasteiger partial charge is 0.330 e. The predicted molar refractivity (Wildman–Crippen MR) is 198 cm³/mol. The molecule has 1 aliphatic heterocycles. The fraction of sp³-hybridized carbons (Fsp3) is 0.410. The van der Waals surface area contributed by atoms with Crippen molar-refractivity contribution in [3.8, 4) is 17.6 Å². The third kappa shape index (κ3) is 8.54. The number of nitrogens with zero attached hydrogens (tertiary/aromatic N) is 3. The molecule has 1 saturated heterocycles. The van der Waals surface area contributed by atoms with Crippen LogP contribution in [0.2, 0.25) is 0 Å². The van der Waals surface area contributed by atoms with Gasteiger partial charge in [-0.2, -0.15) is 5.26 Å².